The molecule has 0 unspecified atom stereocenters. The Morgan fingerprint density at radius 2 is 1.65 bits per heavy atom. The van der Waals surface area contributed by atoms with Crippen LogP contribution in [0.4, 0.5) is 0 Å². The molecule has 2 N–H and O–H groups in total. The predicted octanol–water partition coefficient (Wildman–Crippen LogP) is 4.45. The van der Waals surface area contributed by atoms with Crippen molar-refractivity contribution in [2.24, 2.45) is 5.73 Å². The molecule has 0 atom stereocenters. The van der Waals surface area contributed by atoms with Crippen LogP contribution in [0.5, 0.6) is 0 Å². The fourth-order valence-electron chi connectivity index (χ4n) is 1.50. The van der Waals surface area contributed by atoms with Crippen molar-refractivity contribution < 1.29 is 0 Å². The van der Waals surface area contributed by atoms with Crippen molar-refractivity contribution in [3.8, 4) is 0 Å². The summed E-state index contributed by atoms with van der Waals surface area (Å²) in [5.74, 6) is 0. The molecule has 0 heterocycles. The number of rotatable bonds is 2. The van der Waals surface area contributed by atoms with Crippen LogP contribution in [-0.2, 0) is 0 Å². The van der Waals surface area contributed by atoms with Gasteiger partial charge in [0.05, 0.1) is 0 Å². The van der Waals surface area contributed by atoms with Crippen molar-refractivity contribution >= 4 is 35.0 Å². The Bertz CT molecular complexity index is 544. The van der Waals surface area contributed by atoms with Gasteiger partial charge in [0.1, 0.15) is 0 Å². The quantitative estimate of drug-likeness (QED) is 0.797. The van der Waals surface area contributed by atoms with E-state index in [-0.39, 0.29) is 0 Å². The van der Waals surface area contributed by atoms with Crippen molar-refractivity contribution in [1.29, 1.82) is 0 Å². The van der Waals surface area contributed by atoms with Crippen LogP contribution in [-0.4, -0.2) is 0 Å². The topological polar surface area (TPSA) is 26.0 Å². The Balaban J connectivity index is 2.30. The smallest absolute Gasteiger partial charge is 0.0411 e. The average molecular weight is 264 g/mol. The van der Waals surface area contributed by atoms with Gasteiger partial charge in [0.2, 0.25) is 0 Å². The van der Waals surface area contributed by atoms with E-state index in [0.29, 0.717) is 15.7 Å². The predicted molar refractivity (Wildman–Crippen MR) is 75.0 cm³/mol. The lowest BCUT2D eigenvalue weighted by molar-refractivity contribution is 1.52. The minimum atomic E-state index is 0.684. The first-order valence-electron chi connectivity index (χ1n) is 5.14. The van der Waals surface area contributed by atoms with E-state index in [1.54, 1.807) is 0 Å². The summed E-state index contributed by atoms with van der Waals surface area (Å²) >= 11 is 11.7. The molecule has 2 rings (SSSR count). The first-order chi connectivity index (χ1) is 8.15. The molecule has 0 aliphatic heterocycles. The lowest BCUT2D eigenvalue weighted by Crippen LogP contribution is -1.95. The third kappa shape index (κ3) is 3.26. The van der Waals surface area contributed by atoms with Gasteiger partial charge in [-0.2, -0.15) is 0 Å². The molecule has 17 heavy (non-hydrogen) atoms. The second kappa shape index (κ2) is 5.26. The minimum Gasteiger partial charge on any atom is -0.398 e. The molecule has 86 valence electrons. The van der Waals surface area contributed by atoms with Crippen LogP contribution in [0.3, 0.4) is 0 Å². The van der Waals surface area contributed by atoms with Gasteiger partial charge in [-0.1, -0.05) is 47.5 Å². The molecule has 0 radical (unpaired) electrons. The fraction of sp³-hybridized carbons (Fsp3) is 0. The van der Waals surface area contributed by atoms with Crippen LogP contribution >= 0.6 is 23.2 Å². The molecule has 0 aromatic heterocycles. The van der Waals surface area contributed by atoms with E-state index in [1.165, 1.54) is 0 Å². The summed E-state index contributed by atoms with van der Waals surface area (Å²) in [6.45, 7) is 0. The highest BCUT2D eigenvalue weighted by molar-refractivity contribution is 6.31. The second-order valence-corrected chi connectivity index (χ2v) is 4.53. The summed E-state index contributed by atoms with van der Waals surface area (Å²) in [5.41, 5.74) is 8.60. The van der Waals surface area contributed by atoms with Gasteiger partial charge in [-0.15, -0.1) is 0 Å². The van der Waals surface area contributed by atoms with Gasteiger partial charge in [0.15, 0.2) is 0 Å². The number of hydrogen-bond donors (Lipinski definition) is 1. The zero-order valence-corrected chi connectivity index (χ0v) is 10.5. The molecule has 2 aromatic rings. The van der Waals surface area contributed by atoms with Gasteiger partial charge in [-0.05, 0) is 41.5 Å². The summed E-state index contributed by atoms with van der Waals surface area (Å²) in [6.07, 6.45) is 1.88. The highest BCUT2D eigenvalue weighted by Crippen LogP contribution is 2.18. The average Bonchev–Trinajstić information content (AvgIpc) is 2.29. The van der Waals surface area contributed by atoms with Gasteiger partial charge in [0, 0.05) is 15.7 Å². The zero-order chi connectivity index (χ0) is 12.3. The highest BCUT2D eigenvalue weighted by atomic mass is 35.5. The molecule has 0 fully saturated rings. The van der Waals surface area contributed by atoms with Crippen LogP contribution in [0.1, 0.15) is 11.1 Å². The number of nitrogens with two attached hydrogens (primary N) is 1. The van der Waals surface area contributed by atoms with Crippen molar-refractivity contribution in [3.63, 3.8) is 0 Å². The molecule has 3 heteroatoms. The SMILES string of the molecule is N/C(=C\c1cccc(Cl)c1)c1ccc(Cl)cc1. The van der Waals surface area contributed by atoms with E-state index in [0.717, 1.165) is 11.1 Å². The van der Waals surface area contributed by atoms with Crippen molar-refractivity contribution in [1.82, 2.24) is 0 Å². The normalized spacial score (nSPS) is 11.5. The van der Waals surface area contributed by atoms with Gasteiger partial charge in [-0.25, -0.2) is 0 Å². The monoisotopic (exact) mass is 263 g/mol. The summed E-state index contributed by atoms with van der Waals surface area (Å²) in [7, 11) is 0. The summed E-state index contributed by atoms with van der Waals surface area (Å²) in [4.78, 5) is 0. The van der Waals surface area contributed by atoms with Crippen LogP contribution in [0.2, 0.25) is 10.0 Å². The largest absolute Gasteiger partial charge is 0.398 e. The van der Waals surface area contributed by atoms with E-state index in [1.807, 2.05) is 54.6 Å². The summed E-state index contributed by atoms with van der Waals surface area (Å²) in [6, 6.07) is 14.9. The van der Waals surface area contributed by atoms with E-state index >= 15 is 0 Å². The number of halogens is 2. The van der Waals surface area contributed by atoms with Gasteiger partial charge >= 0.3 is 0 Å². The maximum atomic E-state index is 6.00. The Hall–Kier alpha value is -1.44. The molecule has 0 saturated carbocycles. The third-order valence-corrected chi connectivity index (χ3v) is 2.84. The maximum Gasteiger partial charge on any atom is 0.0411 e. The number of benzene rings is 2. The standard InChI is InChI=1S/C14H11Cl2N/c15-12-6-4-11(5-7-12)14(17)9-10-2-1-3-13(16)8-10/h1-9H,17H2/b14-9-. The van der Waals surface area contributed by atoms with Crippen LogP contribution in [0.15, 0.2) is 48.5 Å². The molecule has 1 nitrogen and oxygen atoms in total. The fourth-order valence-corrected chi connectivity index (χ4v) is 1.83. The van der Waals surface area contributed by atoms with E-state index < -0.39 is 0 Å². The Labute approximate surface area is 110 Å². The molecule has 0 aliphatic carbocycles. The molecule has 0 spiro atoms. The van der Waals surface area contributed by atoms with E-state index in [4.69, 9.17) is 28.9 Å². The van der Waals surface area contributed by atoms with Gasteiger partial charge in [0.25, 0.3) is 0 Å². The molecule has 0 amide bonds. The van der Waals surface area contributed by atoms with Gasteiger partial charge in [-0.3, -0.25) is 0 Å². The molecular weight excluding hydrogens is 253 g/mol. The van der Waals surface area contributed by atoms with E-state index in [2.05, 4.69) is 0 Å². The third-order valence-electron chi connectivity index (χ3n) is 2.35. The molecule has 0 aliphatic rings. The van der Waals surface area contributed by atoms with Crippen molar-refractivity contribution in [3.05, 3.63) is 69.7 Å². The molecule has 0 saturated heterocycles. The summed E-state index contributed by atoms with van der Waals surface area (Å²) < 4.78 is 0. The zero-order valence-electron chi connectivity index (χ0n) is 9.03. The van der Waals surface area contributed by atoms with Crippen molar-refractivity contribution in [2.45, 2.75) is 0 Å². The second-order valence-electron chi connectivity index (χ2n) is 3.66. The van der Waals surface area contributed by atoms with Crippen molar-refractivity contribution in [2.75, 3.05) is 0 Å². The van der Waals surface area contributed by atoms with Crippen LogP contribution in [0, 0.1) is 0 Å². The van der Waals surface area contributed by atoms with Gasteiger partial charge < -0.3 is 5.73 Å². The van der Waals surface area contributed by atoms with Crippen LogP contribution < -0.4 is 5.73 Å². The van der Waals surface area contributed by atoms with Crippen LogP contribution in [0.25, 0.3) is 11.8 Å². The first kappa shape index (κ1) is 12.0. The Morgan fingerprint density at radius 3 is 2.29 bits per heavy atom. The number of hydrogen-bond acceptors (Lipinski definition) is 1. The highest BCUT2D eigenvalue weighted by Gasteiger charge is 1.97. The Kier molecular flexibility index (Phi) is 3.72. The maximum absolute atomic E-state index is 6.00. The minimum absolute atomic E-state index is 0.684. The molecule has 2 aromatic carbocycles. The molecule has 0 bridgehead atoms. The Morgan fingerprint density at radius 1 is 0.941 bits per heavy atom. The molecular formula is C14H11Cl2N. The summed E-state index contributed by atoms with van der Waals surface area (Å²) in [5, 5.41) is 1.40. The first-order valence-corrected chi connectivity index (χ1v) is 5.89. The lowest BCUT2D eigenvalue weighted by atomic mass is 10.1. The van der Waals surface area contributed by atoms with E-state index in [9.17, 15) is 0 Å². The lowest BCUT2D eigenvalue weighted by Gasteiger charge is -2.02.